The van der Waals surface area contributed by atoms with Crippen LogP contribution in [0.3, 0.4) is 0 Å². The van der Waals surface area contributed by atoms with E-state index in [-0.39, 0.29) is 10.8 Å². The van der Waals surface area contributed by atoms with Crippen molar-refractivity contribution in [2.75, 3.05) is 0 Å². The minimum absolute atomic E-state index is 0.114. The third-order valence-electron chi connectivity index (χ3n) is 14.6. The molecule has 3 aromatic heterocycles. The van der Waals surface area contributed by atoms with Crippen LogP contribution >= 0.6 is 0 Å². The summed E-state index contributed by atoms with van der Waals surface area (Å²) >= 11 is 0. The van der Waals surface area contributed by atoms with Gasteiger partial charge in [-0.3, -0.25) is 15.0 Å². The van der Waals surface area contributed by atoms with Crippen molar-refractivity contribution in [2.45, 2.75) is 65.7 Å². The highest BCUT2D eigenvalue weighted by Gasteiger charge is 2.41. The smallest absolute Gasteiger partial charge is 0.0705 e. The Morgan fingerprint density at radius 1 is 0.286 bits per heavy atom. The van der Waals surface area contributed by atoms with Crippen LogP contribution in [0.5, 0.6) is 0 Å². The number of aromatic nitrogens is 3. The molecule has 0 bridgehead atoms. The average molecular weight is 904 g/mol. The minimum atomic E-state index is 0.114. The van der Waals surface area contributed by atoms with Gasteiger partial charge in [-0.2, -0.15) is 0 Å². The number of pyridine rings is 3. The molecule has 0 unspecified atom stereocenters. The van der Waals surface area contributed by atoms with E-state index in [1.807, 2.05) is 24.5 Å². The van der Waals surface area contributed by atoms with E-state index < -0.39 is 0 Å². The van der Waals surface area contributed by atoms with Crippen LogP contribution < -0.4 is 0 Å². The molecule has 11 rings (SSSR count). The minimum Gasteiger partial charge on any atom is -0.256 e. The van der Waals surface area contributed by atoms with Crippen LogP contribution in [0.1, 0.15) is 61.9 Å². The Morgan fingerprint density at radius 3 is 0.986 bits per heavy atom. The van der Waals surface area contributed by atoms with Crippen molar-refractivity contribution in [3.05, 3.63) is 234 Å². The summed E-state index contributed by atoms with van der Waals surface area (Å²) in [6.45, 7) is 16.1. The lowest BCUT2D eigenvalue weighted by atomic mass is 9.82. The number of hydrogen-bond donors (Lipinski definition) is 0. The Labute approximate surface area is 413 Å². The summed E-state index contributed by atoms with van der Waals surface area (Å²) in [6, 6.07) is 68.0. The van der Waals surface area contributed by atoms with E-state index in [0.29, 0.717) is 0 Å². The van der Waals surface area contributed by atoms with Crippen molar-refractivity contribution in [2.24, 2.45) is 0 Å². The van der Waals surface area contributed by atoms with Crippen LogP contribution in [0.4, 0.5) is 0 Å². The summed E-state index contributed by atoms with van der Waals surface area (Å²) in [7, 11) is 0. The van der Waals surface area contributed by atoms with Crippen LogP contribution in [0, 0.1) is 20.8 Å². The first-order valence-corrected chi connectivity index (χ1v) is 24.5. The van der Waals surface area contributed by atoms with Crippen molar-refractivity contribution in [1.29, 1.82) is 0 Å². The summed E-state index contributed by atoms with van der Waals surface area (Å²) < 4.78 is 0. The first-order chi connectivity index (χ1) is 33.9. The van der Waals surface area contributed by atoms with Gasteiger partial charge in [0, 0.05) is 52.0 Å². The van der Waals surface area contributed by atoms with Crippen LogP contribution in [-0.2, 0) is 10.8 Å². The number of aryl methyl sites for hydroxylation is 3. The molecule has 0 atom stereocenters. The standard InChI is InChI=1S/C67H57N3/c1-43-32-63(46-20-10-8-11-21-46)68-39-58(43)55-27-17-14-24-52(55)49-35-50(53-25-15-18-28-56(53)59-40-69-64(33-44(59)2)47-22-12-9-13-23-47)37-51(36-49)54-26-16-19-29-57(54)60-41-70-65(34-45(60)3)48-30-31-61-62(38-48)67(6,7)42-66(61,4)5/h8-41H,42H2,1-7H3. The van der Waals surface area contributed by atoms with E-state index in [9.17, 15) is 0 Å². The van der Waals surface area contributed by atoms with E-state index in [0.717, 1.165) is 101 Å². The molecule has 0 spiro atoms. The molecule has 7 aromatic carbocycles. The van der Waals surface area contributed by atoms with Crippen molar-refractivity contribution in [1.82, 2.24) is 15.0 Å². The summed E-state index contributed by atoms with van der Waals surface area (Å²) in [4.78, 5) is 15.3. The molecule has 10 aromatic rings. The largest absolute Gasteiger partial charge is 0.256 e. The van der Waals surface area contributed by atoms with E-state index in [1.54, 1.807) is 0 Å². The molecule has 3 nitrogen and oxygen atoms in total. The summed E-state index contributed by atoms with van der Waals surface area (Å²) in [5, 5.41) is 0. The Balaban J connectivity index is 1.06. The molecule has 0 saturated heterocycles. The van der Waals surface area contributed by atoms with Crippen molar-refractivity contribution >= 4 is 0 Å². The van der Waals surface area contributed by atoms with Gasteiger partial charge in [-0.25, -0.2) is 0 Å². The van der Waals surface area contributed by atoms with Crippen molar-refractivity contribution in [3.63, 3.8) is 0 Å². The maximum Gasteiger partial charge on any atom is 0.0705 e. The number of hydrogen-bond acceptors (Lipinski definition) is 3. The van der Waals surface area contributed by atoms with Gasteiger partial charge in [-0.05, 0) is 158 Å². The van der Waals surface area contributed by atoms with E-state index >= 15 is 0 Å². The molecule has 0 amide bonds. The number of fused-ring (bicyclic) bond motifs is 1. The van der Waals surface area contributed by atoms with Gasteiger partial charge in [-0.15, -0.1) is 0 Å². The van der Waals surface area contributed by atoms with Gasteiger partial charge in [0.15, 0.2) is 0 Å². The summed E-state index contributed by atoms with van der Waals surface area (Å²) in [5.41, 5.74) is 26.6. The second kappa shape index (κ2) is 17.8. The monoisotopic (exact) mass is 903 g/mol. The topological polar surface area (TPSA) is 38.7 Å². The van der Waals surface area contributed by atoms with Crippen molar-refractivity contribution < 1.29 is 0 Å². The summed E-state index contributed by atoms with van der Waals surface area (Å²) in [5.74, 6) is 0. The number of nitrogens with zero attached hydrogens (tertiary/aromatic N) is 3. The number of benzene rings is 7. The maximum absolute atomic E-state index is 5.21. The second-order valence-electron chi connectivity index (χ2n) is 20.5. The van der Waals surface area contributed by atoms with Gasteiger partial charge in [0.25, 0.3) is 0 Å². The molecule has 0 radical (unpaired) electrons. The zero-order valence-electron chi connectivity index (χ0n) is 41.2. The van der Waals surface area contributed by atoms with E-state index in [2.05, 4.69) is 231 Å². The highest BCUT2D eigenvalue weighted by molar-refractivity contribution is 5.95. The van der Waals surface area contributed by atoms with Gasteiger partial charge >= 0.3 is 0 Å². The molecular formula is C67H57N3. The lowest BCUT2D eigenvalue weighted by Gasteiger charge is -2.22. The Morgan fingerprint density at radius 2 is 0.614 bits per heavy atom. The fraction of sp³-hybridized carbons (Fsp3) is 0.149. The predicted molar refractivity (Wildman–Crippen MR) is 294 cm³/mol. The lowest BCUT2D eigenvalue weighted by Crippen LogP contribution is -2.17. The Kier molecular flexibility index (Phi) is 11.3. The molecule has 0 fully saturated rings. The molecule has 1 aliphatic carbocycles. The zero-order chi connectivity index (χ0) is 48.1. The molecule has 340 valence electrons. The first kappa shape index (κ1) is 44.5. The van der Waals surface area contributed by atoms with Crippen LogP contribution in [0.15, 0.2) is 207 Å². The van der Waals surface area contributed by atoms with Gasteiger partial charge in [-0.1, -0.05) is 173 Å². The Hall–Kier alpha value is -8.01. The zero-order valence-corrected chi connectivity index (χ0v) is 41.2. The van der Waals surface area contributed by atoms with Crippen LogP contribution in [-0.4, -0.2) is 15.0 Å². The highest BCUT2D eigenvalue weighted by atomic mass is 14.7. The van der Waals surface area contributed by atoms with Gasteiger partial charge in [0.05, 0.1) is 17.1 Å². The quantitative estimate of drug-likeness (QED) is 0.145. The fourth-order valence-electron chi connectivity index (χ4n) is 11.4. The van der Waals surface area contributed by atoms with E-state index in [4.69, 9.17) is 15.0 Å². The fourth-order valence-corrected chi connectivity index (χ4v) is 11.4. The lowest BCUT2D eigenvalue weighted by molar-refractivity contribution is 0.403. The molecular weight excluding hydrogens is 847 g/mol. The Bertz CT molecular complexity index is 3450. The normalized spacial score (nSPS) is 13.5. The average Bonchev–Trinajstić information content (AvgIpc) is 3.58. The molecule has 3 heteroatoms. The predicted octanol–water partition coefficient (Wildman–Crippen LogP) is 17.8. The molecule has 70 heavy (non-hydrogen) atoms. The maximum atomic E-state index is 5.21. The SMILES string of the molecule is Cc1cc(-c2ccccc2)ncc1-c1ccccc1-c1cc(-c2ccccc2-c2cnc(-c3ccccc3)cc2C)cc(-c2ccccc2-c2cnc(-c3ccc4c(c3)C(C)(C)CC4(C)C)cc2C)c1. The van der Waals surface area contributed by atoms with Gasteiger partial charge < -0.3 is 0 Å². The molecule has 0 aliphatic heterocycles. The van der Waals surface area contributed by atoms with Gasteiger partial charge in [0.2, 0.25) is 0 Å². The van der Waals surface area contributed by atoms with Crippen molar-refractivity contribution in [3.8, 4) is 101 Å². The molecule has 0 saturated carbocycles. The molecule has 3 heterocycles. The molecule has 1 aliphatic rings. The first-order valence-electron chi connectivity index (χ1n) is 24.5. The van der Waals surface area contributed by atoms with Crippen LogP contribution in [0.25, 0.3) is 101 Å². The van der Waals surface area contributed by atoms with Crippen LogP contribution in [0.2, 0.25) is 0 Å². The highest BCUT2D eigenvalue weighted by Crippen LogP contribution is 2.50. The third-order valence-corrected chi connectivity index (χ3v) is 14.6. The van der Waals surface area contributed by atoms with Gasteiger partial charge in [0.1, 0.15) is 0 Å². The third kappa shape index (κ3) is 8.26. The van der Waals surface area contributed by atoms with E-state index in [1.165, 1.54) is 33.4 Å². The summed E-state index contributed by atoms with van der Waals surface area (Å²) in [6.07, 6.45) is 7.32. The molecule has 0 N–H and O–H groups in total. The second-order valence-corrected chi connectivity index (χ2v) is 20.5. The number of rotatable bonds is 9.